The molecule has 4 nitrogen and oxygen atoms in total. The normalized spacial score (nSPS) is 24.4. The van der Waals surface area contributed by atoms with Crippen molar-refractivity contribution < 1.29 is 14.3 Å². The lowest BCUT2D eigenvalue weighted by molar-refractivity contribution is -0.142. The minimum Gasteiger partial charge on any atom is -0.379 e. The van der Waals surface area contributed by atoms with Gasteiger partial charge >= 0.3 is 0 Å². The summed E-state index contributed by atoms with van der Waals surface area (Å²) in [4.78, 5) is 13.2. The highest BCUT2D eigenvalue weighted by Gasteiger charge is 2.38. The third-order valence-electron chi connectivity index (χ3n) is 3.42. The molecular weight excluding hydrogens is 271 g/mol. The molecule has 1 atom stereocenters. The number of nitrogens with two attached hydrogens (primary N) is 1. The molecule has 1 aliphatic heterocycles. The van der Waals surface area contributed by atoms with Crippen molar-refractivity contribution in [2.75, 3.05) is 13.1 Å². The van der Waals surface area contributed by atoms with Gasteiger partial charge < -0.3 is 10.8 Å². The fourth-order valence-electron chi connectivity index (χ4n) is 2.35. The first-order valence-corrected chi connectivity index (χ1v) is 6.47. The van der Waals surface area contributed by atoms with Gasteiger partial charge in [-0.25, -0.2) is 4.39 Å². The Kier molecular flexibility index (Phi) is 4.08. The zero-order valence-corrected chi connectivity index (χ0v) is 11.2. The average molecular weight is 287 g/mol. The molecule has 1 aromatic carbocycles. The van der Waals surface area contributed by atoms with E-state index in [1.165, 1.54) is 12.1 Å². The topological polar surface area (TPSA) is 66.6 Å². The van der Waals surface area contributed by atoms with Gasteiger partial charge in [-0.3, -0.25) is 9.69 Å². The number of β-amino-alcohol motifs (C(OH)–C–C–N with tert-alkyl or cyclic N) is 1. The van der Waals surface area contributed by atoms with Crippen LogP contribution in [0.3, 0.4) is 0 Å². The Morgan fingerprint density at radius 2 is 2.32 bits per heavy atom. The molecule has 1 aromatic rings. The molecule has 1 aliphatic rings. The number of aliphatic hydroxyl groups is 1. The number of halogens is 2. The van der Waals surface area contributed by atoms with Crippen LogP contribution in [0.1, 0.15) is 18.4 Å². The summed E-state index contributed by atoms with van der Waals surface area (Å²) in [5.41, 5.74) is 4.50. The number of hydrogen-bond acceptors (Lipinski definition) is 3. The molecule has 3 N–H and O–H groups in total. The number of benzene rings is 1. The van der Waals surface area contributed by atoms with Gasteiger partial charge in [-0.05, 0) is 37.1 Å². The SMILES string of the molecule is NC(=O)[C@@]1(O)CCCN(Cc2ccc(F)cc2Cl)C1. The van der Waals surface area contributed by atoms with E-state index in [1.54, 1.807) is 6.07 Å². The summed E-state index contributed by atoms with van der Waals surface area (Å²) in [5, 5.41) is 10.4. The molecule has 1 amide bonds. The summed E-state index contributed by atoms with van der Waals surface area (Å²) in [5.74, 6) is -1.09. The largest absolute Gasteiger partial charge is 0.379 e. The van der Waals surface area contributed by atoms with Crippen molar-refractivity contribution in [3.8, 4) is 0 Å². The molecule has 104 valence electrons. The van der Waals surface area contributed by atoms with E-state index in [0.717, 1.165) is 12.1 Å². The van der Waals surface area contributed by atoms with Gasteiger partial charge in [0, 0.05) is 18.1 Å². The fourth-order valence-corrected chi connectivity index (χ4v) is 2.58. The Balaban J connectivity index is 2.09. The predicted molar refractivity (Wildman–Crippen MR) is 70.1 cm³/mol. The van der Waals surface area contributed by atoms with E-state index in [9.17, 15) is 14.3 Å². The Labute approximate surface area is 116 Å². The lowest BCUT2D eigenvalue weighted by atomic mass is 9.92. The van der Waals surface area contributed by atoms with Crippen molar-refractivity contribution >= 4 is 17.5 Å². The fraction of sp³-hybridized carbons (Fsp3) is 0.462. The zero-order valence-electron chi connectivity index (χ0n) is 10.4. The molecule has 1 heterocycles. The number of nitrogens with zero attached hydrogens (tertiary/aromatic N) is 1. The van der Waals surface area contributed by atoms with Crippen LogP contribution < -0.4 is 5.73 Å². The van der Waals surface area contributed by atoms with Gasteiger partial charge in [0.25, 0.3) is 5.91 Å². The van der Waals surface area contributed by atoms with Gasteiger partial charge in [0.05, 0.1) is 0 Å². The van der Waals surface area contributed by atoms with E-state index < -0.39 is 11.5 Å². The molecule has 0 aromatic heterocycles. The van der Waals surface area contributed by atoms with E-state index in [4.69, 9.17) is 17.3 Å². The van der Waals surface area contributed by atoms with Crippen LogP contribution in [0.4, 0.5) is 4.39 Å². The van der Waals surface area contributed by atoms with Crippen molar-refractivity contribution in [1.82, 2.24) is 4.90 Å². The standard InChI is InChI=1S/C13H16ClFN2O2/c14-11-6-10(15)3-2-9(11)7-17-5-1-4-13(19,8-17)12(16)18/h2-3,6,19H,1,4-5,7-8H2,(H2,16,18)/t13-/m1/s1. The van der Waals surface area contributed by atoms with Gasteiger partial charge in [-0.15, -0.1) is 0 Å². The second-order valence-electron chi connectivity index (χ2n) is 4.95. The van der Waals surface area contributed by atoms with Gasteiger partial charge in [-0.1, -0.05) is 17.7 Å². The first-order chi connectivity index (χ1) is 8.90. The summed E-state index contributed by atoms with van der Waals surface area (Å²) in [6.07, 6.45) is 1.05. The molecular formula is C13H16ClFN2O2. The molecule has 1 fully saturated rings. The van der Waals surface area contributed by atoms with Crippen molar-refractivity contribution in [3.05, 3.63) is 34.6 Å². The van der Waals surface area contributed by atoms with E-state index in [2.05, 4.69) is 0 Å². The lowest BCUT2D eigenvalue weighted by Crippen LogP contribution is -2.55. The summed E-state index contributed by atoms with van der Waals surface area (Å²) >= 11 is 5.96. The van der Waals surface area contributed by atoms with Gasteiger partial charge in [0.15, 0.2) is 5.60 Å². The number of carbonyl (C=O) groups is 1. The Bertz CT molecular complexity index is 498. The molecule has 0 radical (unpaired) electrons. The van der Waals surface area contributed by atoms with E-state index in [1.807, 2.05) is 4.90 Å². The van der Waals surface area contributed by atoms with E-state index in [-0.39, 0.29) is 12.4 Å². The number of primary amides is 1. The maximum Gasteiger partial charge on any atom is 0.250 e. The number of likely N-dealkylation sites (tertiary alicyclic amines) is 1. The maximum absolute atomic E-state index is 13.0. The highest BCUT2D eigenvalue weighted by molar-refractivity contribution is 6.31. The van der Waals surface area contributed by atoms with Crippen molar-refractivity contribution in [2.24, 2.45) is 5.73 Å². The highest BCUT2D eigenvalue weighted by atomic mass is 35.5. The van der Waals surface area contributed by atoms with Crippen LogP contribution in [0.25, 0.3) is 0 Å². The van der Waals surface area contributed by atoms with Crippen LogP contribution in [-0.2, 0) is 11.3 Å². The molecule has 0 saturated carbocycles. The second kappa shape index (κ2) is 5.45. The summed E-state index contributed by atoms with van der Waals surface area (Å²) < 4.78 is 13.0. The highest BCUT2D eigenvalue weighted by Crippen LogP contribution is 2.25. The molecule has 0 bridgehead atoms. The monoisotopic (exact) mass is 286 g/mol. The summed E-state index contributed by atoms with van der Waals surface area (Å²) in [7, 11) is 0. The Morgan fingerprint density at radius 1 is 1.58 bits per heavy atom. The van der Waals surface area contributed by atoms with Crippen LogP contribution in [0.15, 0.2) is 18.2 Å². The van der Waals surface area contributed by atoms with Crippen LogP contribution in [0, 0.1) is 5.82 Å². The molecule has 19 heavy (non-hydrogen) atoms. The minimum absolute atomic E-state index is 0.177. The number of amides is 1. The Morgan fingerprint density at radius 3 is 2.95 bits per heavy atom. The van der Waals surface area contributed by atoms with Gasteiger partial charge in [0.2, 0.25) is 0 Å². The first kappa shape index (κ1) is 14.2. The van der Waals surface area contributed by atoms with Crippen LogP contribution in [0.5, 0.6) is 0 Å². The molecule has 2 rings (SSSR count). The summed E-state index contributed by atoms with van der Waals surface area (Å²) in [6, 6.07) is 4.20. The quantitative estimate of drug-likeness (QED) is 0.880. The van der Waals surface area contributed by atoms with Gasteiger partial charge in [0.1, 0.15) is 5.82 Å². The Hall–Kier alpha value is -1.17. The maximum atomic E-state index is 13.0. The van der Waals surface area contributed by atoms with Crippen molar-refractivity contribution in [3.63, 3.8) is 0 Å². The van der Waals surface area contributed by atoms with Crippen LogP contribution >= 0.6 is 11.6 Å². The number of carbonyl (C=O) groups excluding carboxylic acids is 1. The smallest absolute Gasteiger partial charge is 0.250 e. The summed E-state index contributed by atoms with van der Waals surface area (Å²) in [6.45, 7) is 1.37. The van der Waals surface area contributed by atoms with Crippen molar-refractivity contribution in [2.45, 2.75) is 25.0 Å². The number of hydrogen-bond donors (Lipinski definition) is 2. The second-order valence-corrected chi connectivity index (χ2v) is 5.35. The first-order valence-electron chi connectivity index (χ1n) is 6.09. The van der Waals surface area contributed by atoms with E-state index >= 15 is 0 Å². The predicted octanol–water partition coefficient (Wildman–Crippen LogP) is 1.29. The number of piperidine rings is 1. The molecule has 6 heteroatoms. The molecule has 0 spiro atoms. The molecule has 1 saturated heterocycles. The van der Waals surface area contributed by atoms with Crippen LogP contribution in [0.2, 0.25) is 5.02 Å². The minimum atomic E-state index is -1.48. The third-order valence-corrected chi connectivity index (χ3v) is 3.77. The van der Waals surface area contributed by atoms with Crippen molar-refractivity contribution in [1.29, 1.82) is 0 Å². The molecule has 0 aliphatic carbocycles. The zero-order chi connectivity index (χ0) is 14.0. The molecule has 0 unspecified atom stereocenters. The number of rotatable bonds is 3. The van der Waals surface area contributed by atoms with Crippen LogP contribution in [-0.4, -0.2) is 34.6 Å². The lowest BCUT2D eigenvalue weighted by Gasteiger charge is -2.37. The average Bonchev–Trinajstić information content (AvgIpc) is 2.33. The third kappa shape index (κ3) is 3.23. The van der Waals surface area contributed by atoms with Gasteiger partial charge in [-0.2, -0.15) is 0 Å². The van der Waals surface area contributed by atoms with E-state index in [0.29, 0.717) is 24.4 Å².